The van der Waals surface area contributed by atoms with E-state index in [1.54, 1.807) is 24.3 Å². The van der Waals surface area contributed by atoms with Crippen molar-refractivity contribution in [2.24, 2.45) is 5.92 Å². The topological polar surface area (TPSA) is 75.3 Å². The van der Waals surface area contributed by atoms with Crippen molar-refractivity contribution >= 4 is 15.9 Å². The molecule has 1 amide bonds. The van der Waals surface area contributed by atoms with Crippen molar-refractivity contribution < 1.29 is 13.2 Å². The molecule has 2 rings (SSSR count). The summed E-state index contributed by atoms with van der Waals surface area (Å²) in [5.74, 6) is 0.0405. The summed E-state index contributed by atoms with van der Waals surface area (Å²) in [6.07, 6.45) is 4.21. The molecule has 2 N–H and O–H groups in total. The standard InChI is InChI=1S/C16H24N2O3S/c1-13-7-5-6-10-15(13)18-22(20,21)12-11-17-16(19)14-8-3-2-4-9-14/h2-4,8-9,13,15,18H,5-7,10-12H2,1H3,(H,17,19)/t13-,15-/m0/s1. The molecule has 1 fully saturated rings. The van der Waals surface area contributed by atoms with Crippen LogP contribution in [0.15, 0.2) is 30.3 Å². The molecule has 1 saturated carbocycles. The number of hydrogen-bond acceptors (Lipinski definition) is 3. The van der Waals surface area contributed by atoms with Crippen LogP contribution in [0.1, 0.15) is 43.0 Å². The molecule has 0 aromatic heterocycles. The lowest BCUT2D eigenvalue weighted by Crippen LogP contribution is -2.43. The Morgan fingerprint density at radius 1 is 1.18 bits per heavy atom. The maximum Gasteiger partial charge on any atom is 0.251 e. The van der Waals surface area contributed by atoms with Crippen LogP contribution >= 0.6 is 0 Å². The largest absolute Gasteiger partial charge is 0.351 e. The minimum atomic E-state index is -3.36. The lowest BCUT2D eigenvalue weighted by atomic mass is 9.87. The number of hydrogen-bond donors (Lipinski definition) is 2. The SMILES string of the molecule is C[C@H]1CCCC[C@@H]1NS(=O)(=O)CCNC(=O)c1ccccc1. The Morgan fingerprint density at radius 3 is 2.55 bits per heavy atom. The molecule has 6 heteroatoms. The van der Waals surface area contributed by atoms with E-state index in [2.05, 4.69) is 17.0 Å². The average Bonchev–Trinajstić information content (AvgIpc) is 2.50. The van der Waals surface area contributed by atoms with Gasteiger partial charge in [-0.3, -0.25) is 4.79 Å². The molecule has 0 aliphatic heterocycles. The second-order valence-corrected chi connectivity index (χ2v) is 7.80. The molecule has 122 valence electrons. The zero-order valence-corrected chi connectivity index (χ0v) is 13.7. The first kappa shape index (κ1) is 17.0. The predicted molar refractivity (Wildman–Crippen MR) is 87.1 cm³/mol. The molecular formula is C16H24N2O3S. The number of nitrogens with one attached hydrogen (secondary N) is 2. The maximum absolute atomic E-state index is 12.1. The highest BCUT2D eigenvalue weighted by molar-refractivity contribution is 7.89. The molecular weight excluding hydrogens is 300 g/mol. The summed E-state index contributed by atoms with van der Waals surface area (Å²) < 4.78 is 27.0. The number of rotatable bonds is 6. The number of carbonyl (C=O) groups is 1. The Labute approximate surface area is 132 Å². The third-order valence-electron chi connectivity index (χ3n) is 4.13. The third kappa shape index (κ3) is 5.10. The molecule has 1 aliphatic rings. The molecule has 0 unspecified atom stereocenters. The van der Waals surface area contributed by atoms with E-state index in [0.29, 0.717) is 11.5 Å². The normalized spacial score (nSPS) is 22.2. The fraction of sp³-hybridized carbons (Fsp3) is 0.562. The van der Waals surface area contributed by atoms with Crippen LogP contribution in [-0.2, 0) is 10.0 Å². The van der Waals surface area contributed by atoms with Crippen molar-refractivity contribution in [1.82, 2.24) is 10.0 Å². The Hall–Kier alpha value is -1.40. The molecule has 0 heterocycles. The van der Waals surface area contributed by atoms with Crippen LogP contribution in [0.2, 0.25) is 0 Å². The highest BCUT2D eigenvalue weighted by Gasteiger charge is 2.25. The van der Waals surface area contributed by atoms with Gasteiger partial charge in [0.15, 0.2) is 0 Å². The van der Waals surface area contributed by atoms with Crippen molar-refractivity contribution in [3.8, 4) is 0 Å². The quantitative estimate of drug-likeness (QED) is 0.839. The van der Waals surface area contributed by atoms with E-state index in [1.165, 1.54) is 6.42 Å². The zero-order valence-electron chi connectivity index (χ0n) is 12.9. The summed E-state index contributed by atoms with van der Waals surface area (Å²) in [7, 11) is -3.36. The van der Waals surface area contributed by atoms with E-state index in [4.69, 9.17) is 0 Å². The van der Waals surface area contributed by atoms with Crippen LogP contribution in [0, 0.1) is 5.92 Å². The van der Waals surface area contributed by atoms with Crippen LogP contribution in [0.5, 0.6) is 0 Å². The van der Waals surface area contributed by atoms with Gasteiger partial charge in [-0.1, -0.05) is 38.0 Å². The molecule has 0 radical (unpaired) electrons. The van der Waals surface area contributed by atoms with Crippen LogP contribution in [0.4, 0.5) is 0 Å². The van der Waals surface area contributed by atoms with Crippen LogP contribution in [0.3, 0.4) is 0 Å². The lowest BCUT2D eigenvalue weighted by Gasteiger charge is -2.29. The van der Waals surface area contributed by atoms with Gasteiger partial charge in [0.05, 0.1) is 5.75 Å². The molecule has 22 heavy (non-hydrogen) atoms. The number of benzene rings is 1. The molecule has 1 aromatic rings. The van der Waals surface area contributed by atoms with Crippen molar-refractivity contribution in [3.63, 3.8) is 0 Å². The van der Waals surface area contributed by atoms with Crippen molar-refractivity contribution in [2.45, 2.75) is 38.6 Å². The second kappa shape index (κ2) is 7.74. The first-order valence-electron chi connectivity index (χ1n) is 7.81. The van der Waals surface area contributed by atoms with E-state index >= 15 is 0 Å². The van der Waals surface area contributed by atoms with E-state index in [-0.39, 0.29) is 24.2 Å². The molecule has 2 atom stereocenters. The summed E-state index contributed by atoms with van der Waals surface area (Å²) in [5, 5.41) is 2.65. The van der Waals surface area contributed by atoms with E-state index in [9.17, 15) is 13.2 Å². The van der Waals surface area contributed by atoms with Crippen molar-refractivity contribution in [2.75, 3.05) is 12.3 Å². The van der Waals surface area contributed by atoms with Crippen molar-refractivity contribution in [1.29, 1.82) is 0 Å². The van der Waals surface area contributed by atoms with Gasteiger partial charge in [0.25, 0.3) is 5.91 Å². The second-order valence-electron chi connectivity index (χ2n) is 5.93. The summed E-state index contributed by atoms with van der Waals surface area (Å²) in [6.45, 7) is 2.20. The van der Waals surface area contributed by atoms with Crippen LogP contribution in [0.25, 0.3) is 0 Å². The van der Waals surface area contributed by atoms with Gasteiger partial charge in [-0.25, -0.2) is 13.1 Å². The highest BCUT2D eigenvalue weighted by atomic mass is 32.2. The fourth-order valence-electron chi connectivity index (χ4n) is 2.77. The minimum absolute atomic E-state index is 0.0311. The van der Waals surface area contributed by atoms with E-state index in [0.717, 1.165) is 19.3 Å². The van der Waals surface area contributed by atoms with Gasteiger partial charge in [0.2, 0.25) is 10.0 Å². The molecule has 1 aromatic carbocycles. The Morgan fingerprint density at radius 2 is 1.86 bits per heavy atom. The molecule has 1 aliphatic carbocycles. The molecule has 0 spiro atoms. The summed E-state index contributed by atoms with van der Waals surface area (Å²) in [5.41, 5.74) is 0.536. The summed E-state index contributed by atoms with van der Waals surface area (Å²) in [4.78, 5) is 11.8. The summed E-state index contributed by atoms with van der Waals surface area (Å²) >= 11 is 0. The number of carbonyl (C=O) groups excluding carboxylic acids is 1. The lowest BCUT2D eigenvalue weighted by molar-refractivity contribution is 0.0956. The smallest absolute Gasteiger partial charge is 0.251 e. The van der Waals surface area contributed by atoms with Gasteiger partial charge >= 0.3 is 0 Å². The van der Waals surface area contributed by atoms with Gasteiger partial charge in [-0.15, -0.1) is 0 Å². The van der Waals surface area contributed by atoms with E-state index in [1.807, 2.05) is 6.07 Å². The summed E-state index contributed by atoms with van der Waals surface area (Å²) in [6, 6.07) is 8.81. The number of sulfonamides is 1. The minimum Gasteiger partial charge on any atom is -0.351 e. The average molecular weight is 324 g/mol. The maximum atomic E-state index is 12.1. The van der Waals surface area contributed by atoms with Crippen LogP contribution < -0.4 is 10.0 Å². The first-order valence-corrected chi connectivity index (χ1v) is 9.46. The molecule has 5 nitrogen and oxygen atoms in total. The van der Waals surface area contributed by atoms with E-state index < -0.39 is 10.0 Å². The Kier molecular flexibility index (Phi) is 5.97. The monoisotopic (exact) mass is 324 g/mol. The van der Waals surface area contributed by atoms with Gasteiger partial charge in [0.1, 0.15) is 0 Å². The fourth-order valence-corrected chi connectivity index (χ4v) is 4.07. The van der Waals surface area contributed by atoms with Gasteiger partial charge in [-0.05, 0) is 30.9 Å². The third-order valence-corrected chi connectivity index (χ3v) is 5.54. The first-order chi connectivity index (χ1) is 10.5. The van der Waals surface area contributed by atoms with Crippen molar-refractivity contribution in [3.05, 3.63) is 35.9 Å². The van der Waals surface area contributed by atoms with Gasteiger partial charge in [0, 0.05) is 18.2 Å². The van der Waals surface area contributed by atoms with Gasteiger partial charge in [-0.2, -0.15) is 0 Å². The van der Waals surface area contributed by atoms with Crippen LogP contribution in [-0.4, -0.2) is 32.7 Å². The zero-order chi connectivity index (χ0) is 16.0. The van der Waals surface area contributed by atoms with Gasteiger partial charge < -0.3 is 5.32 Å². The predicted octanol–water partition coefficient (Wildman–Crippen LogP) is 1.91. The molecule has 0 bridgehead atoms. The Bertz CT molecular complexity index is 587. The Balaban J connectivity index is 1.79. The molecule has 0 saturated heterocycles. The highest BCUT2D eigenvalue weighted by Crippen LogP contribution is 2.24. The number of amides is 1.